The fourth-order valence-corrected chi connectivity index (χ4v) is 14.0. The van der Waals surface area contributed by atoms with E-state index in [1.165, 1.54) is 71.5 Å². The molecule has 0 bridgehead atoms. The van der Waals surface area contributed by atoms with Crippen molar-refractivity contribution in [3.63, 3.8) is 0 Å². The van der Waals surface area contributed by atoms with Gasteiger partial charge in [0.15, 0.2) is 7.14 Å². The van der Waals surface area contributed by atoms with Crippen LogP contribution < -0.4 is 31.8 Å². The molecule has 0 atom stereocenters. The van der Waals surface area contributed by atoms with Gasteiger partial charge in [0, 0.05) is 26.7 Å². The molecule has 0 spiro atoms. The van der Waals surface area contributed by atoms with Gasteiger partial charge in [0.2, 0.25) is 0 Å². The zero-order valence-electron chi connectivity index (χ0n) is 33.2. The number of hydrogen-bond acceptors (Lipinski definition) is 1. The Morgan fingerprint density at radius 2 is 0.691 bits per heavy atom. The van der Waals surface area contributed by atoms with Gasteiger partial charge in [-0.15, -0.1) is 0 Å². The van der Waals surface area contributed by atoms with E-state index in [4.69, 9.17) is 0 Å². The van der Waals surface area contributed by atoms with Crippen LogP contribution >= 0.6 is 15.1 Å². The van der Waals surface area contributed by atoms with E-state index < -0.39 is 15.1 Å². The topological polar surface area (TPSA) is 17.1 Å². The van der Waals surface area contributed by atoms with Gasteiger partial charge in [-0.25, -0.2) is 0 Å². The van der Waals surface area contributed by atoms with Crippen molar-refractivity contribution in [1.29, 1.82) is 0 Å². The Labute approximate surface area is 328 Å². The number of fused-ring (bicyclic) bond motifs is 6. The van der Waals surface area contributed by atoms with Gasteiger partial charge in [-0.2, -0.15) is 0 Å². The third kappa shape index (κ3) is 5.66. The number of hydrogen-bond donors (Lipinski definition) is 0. The van der Waals surface area contributed by atoms with E-state index >= 15 is 4.57 Å². The third-order valence-corrected chi connectivity index (χ3v) is 17.9. The second-order valence-electron chi connectivity index (χ2n) is 16.9. The van der Waals surface area contributed by atoms with Gasteiger partial charge in [0.05, 0.1) is 0 Å². The molecule has 9 rings (SSSR count). The minimum atomic E-state index is -3.14. The average Bonchev–Trinajstić information content (AvgIpc) is 3.54. The van der Waals surface area contributed by atoms with E-state index in [-0.39, 0.29) is 10.8 Å². The maximum atomic E-state index is 15.6. The SMILES string of the molecule is Cc1ccc(P(c2ccc(C)cc2)c2ccc3c(c2)C(C)(C)c2cc4c(cc2-3)C(C)(C)c2cc(P(=O)(c3ccc(C)cc3)c3ccc(C)cc3)ccc2-4)cc1. The highest BCUT2D eigenvalue weighted by Gasteiger charge is 2.43. The lowest BCUT2D eigenvalue weighted by Gasteiger charge is -2.26. The normalized spacial score (nSPS) is 14.7. The Morgan fingerprint density at radius 3 is 1.13 bits per heavy atom. The summed E-state index contributed by atoms with van der Waals surface area (Å²) in [4.78, 5) is 0. The Bertz CT molecular complexity index is 2580. The van der Waals surface area contributed by atoms with Crippen molar-refractivity contribution in [2.75, 3.05) is 0 Å². The number of aryl methyl sites for hydroxylation is 4. The Kier molecular flexibility index (Phi) is 8.40. The van der Waals surface area contributed by atoms with Crippen LogP contribution in [0.15, 0.2) is 146 Å². The van der Waals surface area contributed by atoms with Crippen LogP contribution in [0.1, 0.15) is 72.2 Å². The van der Waals surface area contributed by atoms with Crippen molar-refractivity contribution in [3.8, 4) is 22.3 Å². The lowest BCUT2D eigenvalue weighted by Crippen LogP contribution is -2.26. The molecular weight excluding hydrogens is 703 g/mol. The van der Waals surface area contributed by atoms with Gasteiger partial charge < -0.3 is 4.57 Å². The van der Waals surface area contributed by atoms with E-state index in [9.17, 15) is 0 Å². The van der Waals surface area contributed by atoms with Gasteiger partial charge in [-0.3, -0.25) is 0 Å². The second-order valence-corrected chi connectivity index (χ2v) is 21.9. The van der Waals surface area contributed by atoms with E-state index in [2.05, 4.69) is 201 Å². The molecule has 2 aliphatic carbocycles. The fraction of sp³-hybridized carbons (Fsp3) is 0.192. The van der Waals surface area contributed by atoms with Crippen molar-refractivity contribution in [2.45, 2.75) is 66.2 Å². The lowest BCUT2D eigenvalue weighted by atomic mass is 9.79. The smallest absolute Gasteiger partial charge is 0.171 e. The van der Waals surface area contributed by atoms with Crippen LogP contribution in [0.3, 0.4) is 0 Å². The summed E-state index contributed by atoms with van der Waals surface area (Å²) < 4.78 is 15.6. The number of benzene rings is 7. The fourth-order valence-electron chi connectivity index (χ4n) is 9.06. The summed E-state index contributed by atoms with van der Waals surface area (Å²) in [6.07, 6.45) is 0. The summed E-state index contributed by atoms with van der Waals surface area (Å²) in [6, 6.07) is 53.8. The molecule has 7 aromatic carbocycles. The van der Waals surface area contributed by atoms with Crippen LogP contribution in [-0.4, -0.2) is 0 Å². The highest BCUT2D eigenvalue weighted by molar-refractivity contribution is 7.85. The van der Waals surface area contributed by atoms with Crippen LogP contribution in [0.2, 0.25) is 0 Å². The standard InChI is InChI=1S/C52H48OP2/c1-33-9-17-37(18-10-33)54(38-19-11-34(2)12-20-38)39-21-27-43-45-31-50-46(32-49(45)51(5,6)47(43)29-39)44-28-26-42(30-48(44)52(50,7)8)55(53,40-22-13-35(3)14-23-40)41-24-15-36(4)16-25-41/h9-32H,1-8H3. The molecule has 0 heterocycles. The summed E-state index contributed by atoms with van der Waals surface area (Å²) in [5.41, 5.74) is 15.1. The maximum Gasteiger partial charge on any atom is 0.171 e. The predicted molar refractivity (Wildman–Crippen MR) is 239 cm³/mol. The van der Waals surface area contributed by atoms with E-state index in [0.717, 1.165) is 27.0 Å². The van der Waals surface area contributed by atoms with Crippen LogP contribution in [0.5, 0.6) is 0 Å². The first kappa shape index (κ1) is 35.9. The molecule has 0 N–H and O–H groups in total. The quantitative estimate of drug-likeness (QED) is 0.155. The van der Waals surface area contributed by atoms with Crippen LogP contribution in [0.4, 0.5) is 0 Å². The van der Waals surface area contributed by atoms with Crippen LogP contribution in [0.25, 0.3) is 22.3 Å². The molecule has 0 unspecified atom stereocenters. The zero-order chi connectivity index (χ0) is 38.4. The highest BCUT2D eigenvalue weighted by Crippen LogP contribution is 2.57. The van der Waals surface area contributed by atoms with Gasteiger partial charge in [0.25, 0.3) is 0 Å². The molecule has 0 radical (unpaired) electrons. The van der Waals surface area contributed by atoms with Crippen LogP contribution in [-0.2, 0) is 15.4 Å². The summed E-state index contributed by atoms with van der Waals surface area (Å²) >= 11 is 0. The summed E-state index contributed by atoms with van der Waals surface area (Å²) in [5, 5.41) is 6.79. The second kappa shape index (κ2) is 12.9. The van der Waals surface area contributed by atoms with Crippen LogP contribution in [0, 0.1) is 27.7 Å². The summed E-state index contributed by atoms with van der Waals surface area (Å²) in [7, 11) is -3.86. The van der Waals surface area contributed by atoms with Crippen molar-refractivity contribution in [1.82, 2.24) is 0 Å². The Morgan fingerprint density at radius 1 is 0.364 bits per heavy atom. The monoisotopic (exact) mass is 750 g/mol. The molecule has 2 aliphatic rings. The molecule has 0 fully saturated rings. The number of rotatable bonds is 6. The maximum absolute atomic E-state index is 15.6. The molecule has 272 valence electrons. The first-order chi connectivity index (χ1) is 26.3. The van der Waals surface area contributed by atoms with E-state index in [1.807, 2.05) is 0 Å². The predicted octanol–water partition coefficient (Wildman–Crippen LogP) is 10.9. The first-order valence-electron chi connectivity index (χ1n) is 19.4. The van der Waals surface area contributed by atoms with E-state index in [0.29, 0.717) is 0 Å². The third-order valence-electron chi connectivity index (χ3n) is 12.4. The van der Waals surface area contributed by atoms with Gasteiger partial charge >= 0.3 is 0 Å². The largest absolute Gasteiger partial charge is 0.309 e. The van der Waals surface area contributed by atoms with Gasteiger partial charge in [-0.05, 0) is 120 Å². The Balaban J connectivity index is 1.15. The molecule has 0 aromatic heterocycles. The minimum absolute atomic E-state index is 0.170. The molecule has 3 heteroatoms. The molecule has 0 saturated heterocycles. The highest BCUT2D eigenvalue weighted by atomic mass is 31.2. The van der Waals surface area contributed by atoms with Gasteiger partial charge in [-0.1, -0.05) is 171 Å². The lowest BCUT2D eigenvalue weighted by molar-refractivity contribution is 0.592. The van der Waals surface area contributed by atoms with E-state index in [1.54, 1.807) is 0 Å². The molecule has 0 aliphatic heterocycles. The Hall–Kier alpha value is -4.80. The minimum Gasteiger partial charge on any atom is -0.309 e. The zero-order valence-corrected chi connectivity index (χ0v) is 34.9. The molecule has 0 saturated carbocycles. The van der Waals surface area contributed by atoms with Gasteiger partial charge in [0.1, 0.15) is 0 Å². The first-order valence-corrected chi connectivity index (χ1v) is 22.5. The molecule has 0 amide bonds. The molecular formula is C52H48OP2. The molecule has 1 nitrogen and oxygen atoms in total. The molecule has 7 aromatic rings. The summed E-state index contributed by atoms with van der Waals surface area (Å²) in [6.45, 7) is 18.0. The van der Waals surface area contributed by atoms with Crippen molar-refractivity contribution in [2.24, 2.45) is 0 Å². The average molecular weight is 751 g/mol. The van der Waals surface area contributed by atoms with Crippen molar-refractivity contribution < 1.29 is 4.57 Å². The molecule has 55 heavy (non-hydrogen) atoms. The summed E-state index contributed by atoms with van der Waals surface area (Å²) in [5.74, 6) is 0. The van der Waals surface area contributed by atoms with Crippen molar-refractivity contribution >= 4 is 46.9 Å². The van der Waals surface area contributed by atoms with Crippen molar-refractivity contribution in [3.05, 3.63) is 190 Å².